The van der Waals surface area contributed by atoms with Crippen molar-refractivity contribution in [3.63, 3.8) is 0 Å². The van der Waals surface area contributed by atoms with Crippen molar-refractivity contribution in [3.8, 4) is 0 Å². The van der Waals surface area contributed by atoms with E-state index < -0.39 is 0 Å². The lowest BCUT2D eigenvalue weighted by Gasteiger charge is -2.07. The number of rotatable bonds is 3. The van der Waals surface area contributed by atoms with Gasteiger partial charge in [-0.05, 0) is 13.5 Å². The molecular formula is C7H15NO. The third-order valence-corrected chi connectivity index (χ3v) is 2.17. The first-order valence-corrected chi connectivity index (χ1v) is 3.39. The molecule has 2 nitrogen and oxygen atoms in total. The van der Waals surface area contributed by atoms with Gasteiger partial charge in [0, 0.05) is 18.6 Å². The Morgan fingerprint density at radius 2 is 2.44 bits per heavy atom. The Balaban J connectivity index is 2.25. The molecule has 1 fully saturated rings. The fourth-order valence-corrected chi connectivity index (χ4v) is 1.35. The van der Waals surface area contributed by atoms with Crippen LogP contribution in [0.15, 0.2) is 0 Å². The van der Waals surface area contributed by atoms with Crippen molar-refractivity contribution in [1.82, 2.24) is 5.32 Å². The second-order valence-corrected chi connectivity index (χ2v) is 3.13. The van der Waals surface area contributed by atoms with Gasteiger partial charge < -0.3 is 10.1 Å². The molecule has 0 aromatic rings. The van der Waals surface area contributed by atoms with Gasteiger partial charge in [0.15, 0.2) is 0 Å². The van der Waals surface area contributed by atoms with Crippen LogP contribution in [0.25, 0.3) is 0 Å². The van der Waals surface area contributed by atoms with E-state index in [2.05, 4.69) is 12.2 Å². The molecule has 0 spiro atoms. The van der Waals surface area contributed by atoms with Gasteiger partial charge in [-0.3, -0.25) is 0 Å². The summed E-state index contributed by atoms with van der Waals surface area (Å²) in [7, 11) is 3.77. The van der Waals surface area contributed by atoms with E-state index in [9.17, 15) is 0 Å². The van der Waals surface area contributed by atoms with Gasteiger partial charge in [0.2, 0.25) is 0 Å². The maximum atomic E-state index is 5.06. The molecule has 2 atom stereocenters. The van der Waals surface area contributed by atoms with Crippen molar-refractivity contribution in [2.75, 3.05) is 20.8 Å². The topological polar surface area (TPSA) is 21.3 Å². The summed E-state index contributed by atoms with van der Waals surface area (Å²) in [5, 5.41) is 3.23. The van der Waals surface area contributed by atoms with E-state index in [1.54, 1.807) is 7.11 Å². The summed E-state index contributed by atoms with van der Waals surface area (Å²) in [6, 6.07) is 0.692. The van der Waals surface area contributed by atoms with Crippen LogP contribution in [-0.4, -0.2) is 26.8 Å². The number of nitrogens with one attached hydrogen (secondary N) is 1. The molecule has 0 radical (unpaired) electrons. The Morgan fingerprint density at radius 1 is 1.78 bits per heavy atom. The Morgan fingerprint density at radius 3 is 2.78 bits per heavy atom. The third kappa shape index (κ3) is 1.25. The molecule has 54 valence electrons. The van der Waals surface area contributed by atoms with Crippen LogP contribution in [0.1, 0.15) is 13.3 Å². The van der Waals surface area contributed by atoms with Gasteiger partial charge in [-0.15, -0.1) is 0 Å². The molecule has 1 aliphatic rings. The molecule has 0 heterocycles. The van der Waals surface area contributed by atoms with E-state index in [0.29, 0.717) is 11.5 Å². The maximum absolute atomic E-state index is 5.06. The van der Waals surface area contributed by atoms with Crippen molar-refractivity contribution < 1.29 is 4.74 Å². The summed E-state index contributed by atoms with van der Waals surface area (Å²) in [6.45, 7) is 3.14. The van der Waals surface area contributed by atoms with E-state index in [1.165, 1.54) is 6.42 Å². The van der Waals surface area contributed by atoms with Crippen LogP contribution in [0.5, 0.6) is 0 Å². The summed E-state index contributed by atoms with van der Waals surface area (Å²) in [5.74, 6) is 0. The minimum absolute atomic E-state index is 0.434. The first-order chi connectivity index (χ1) is 4.23. The van der Waals surface area contributed by atoms with Gasteiger partial charge in [0.05, 0.1) is 6.61 Å². The van der Waals surface area contributed by atoms with Crippen molar-refractivity contribution in [1.29, 1.82) is 0 Å². The number of ether oxygens (including phenoxy) is 1. The molecule has 0 amide bonds. The first kappa shape index (κ1) is 7.03. The minimum Gasteiger partial charge on any atom is -0.384 e. The highest BCUT2D eigenvalue weighted by atomic mass is 16.5. The minimum atomic E-state index is 0.434. The molecule has 0 aliphatic heterocycles. The van der Waals surface area contributed by atoms with Crippen molar-refractivity contribution >= 4 is 0 Å². The largest absolute Gasteiger partial charge is 0.384 e. The lowest BCUT2D eigenvalue weighted by atomic mass is 10.1. The van der Waals surface area contributed by atoms with Crippen LogP contribution in [0.3, 0.4) is 0 Å². The predicted octanol–water partition coefficient (Wildman–Crippen LogP) is 0.631. The first-order valence-electron chi connectivity index (χ1n) is 3.39. The summed E-state index contributed by atoms with van der Waals surface area (Å²) >= 11 is 0. The fraction of sp³-hybridized carbons (Fsp3) is 1.00. The predicted molar refractivity (Wildman–Crippen MR) is 37.4 cm³/mol. The van der Waals surface area contributed by atoms with Gasteiger partial charge in [-0.1, -0.05) is 6.92 Å². The fourth-order valence-electron chi connectivity index (χ4n) is 1.35. The maximum Gasteiger partial charge on any atom is 0.0531 e. The Bertz CT molecular complexity index is 105. The van der Waals surface area contributed by atoms with E-state index in [1.807, 2.05) is 7.05 Å². The molecular weight excluding hydrogens is 114 g/mol. The molecule has 1 rings (SSSR count). The Kier molecular flexibility index (Phi) is 1.78. The molecule has 0 aromatic heterocycles. The van der Waals surface area contributed by atoms with Gasteiger partial charge >= 0.3 is 0 Å². The molecule has 0 saturated heterocycles. The highest BCUT2D eigenvalue weighted by molar-refractivity contribution is 5.03. The van der Waals surface area contributed by atoms with Crippen LogP contribution in [-0.2, 0) is 4.74 Å². The van der Waals surface area contributed by atoms with Gasteiger partial charge in [0.1, 0.15) is 0 Å². The zero-order valence-electron chi connectivity index (χ0n) is 6.40. The third-order valence-electron chi connectivity index (χ3n) is 2.17. The van der Waals surface area contributed by atoms with Crippen molar-refractivity contribution in [2.45, 2.75) is 19.4 Å². The summed E-state index contributed by atoms with van der Waals surface area (Å²) < 4.78 is 5.06. The smallest absolute Gasteiger partial charge is 0.0531 e. The molecule has 1 saturated carbocycles. The summed E-state index contributed by atoms with van der Waals surface area (Å²) in [4.78, 5) is 0. The standard InChI is InChI=1S/C7H15NO/c1-7(5-9-3)4-6(7)8-2/h6,8H,4-5H2,1-3H3. The summed E-state index contributed by atoms with van der Waals surface area (Å²) in [6.07, 6.45) is 1.26. The Labute approximate surface area is 56.6 Å². The quantitative estimate of drug-likeness (QED) is 0.603. The highest BCUT2D eigenvalue weighted by Crippen LogP contribution is 2.44. The van der Waals surface area contributed by atoms with Gasteiger partial charge in [-0.25, -0.2) is 0 Å². The van der Waals surface area contributed by atoms with E-state index in [-0.39, 0.29) is 0 Å². The van der Waals surface area contributed by atoms with E-state index in [4.69, 9.17) is 4.74 Å². The molecule has 1 N–H and O–H groups in total. The zero-order chi connectivity index (χ0) is 6.91. The molecule has 0 aromatic carbocycles. The van der Waals surface area contributed by atoms with E-state index >= 15 is 0 Å². The molecule has 0 bridgehead atoms. The van der Waals surface area contributed by atoms with E-state index in [0.717, 1.165) is 6.61 Å². The average molecular weight is 129 g/mol. The Hall–Kier alpha value is -0.0800. The molecule has 2 heteroatoms. The highest BCUT2D eigenvalue weighted by Gasteiger charge is 2.48. The van der Waals surface area contributed by atoms with Crippen LogP contribution >= 0.6 is 0 Å². The van der Waals surface area contributed by atoms with Crippen LogP contribution in [0.4, 0.5) is 0 Å². The SMILES string of the molecule is CNC1CC1(C)COC. The number of methoxy groups -OCH3 is 1. The second kappa shape index (κ2) is 2.27. The summed E-state index contributed by atoms with van der Waals surface area (Å²) in [5.41, 5.74) is 0.434. The monoisotopic (exact) mass is 129 g/mol. The lowest BCUT2D eigenvalue weighted by molar-refractivity contribution is 0.145. The molecule has 9 heavy (non-hydrogen) atoms. The normalized spacial score (nSPS) is 41.0. The average Bonchev–Trinajstić information content (AvgIpc) is 2.43. The van der Waals surface area contributed by atoms with Crippen LogP contribution < -0.4 is 5.32 Å². The second-order valence-electron chi connectivity index (χ2n) is 3.13. The van der Waals surface area contributed by atoms with Gasteiger partial charge in [-0.2, -0.15) is 0 Å². The van der Waals surface area contributed by atoms with Gasteiger partial charge in [0.25, 0.3) is 0 Å². The van der Waals surface area contributed by atoms with Crippen LogP contribution in [0.2, 0.25) is 0 Å². The zero-order valence-corrected chi connectivity index (χ0v) is 6.40. The molecule has 2 unspecified atom stereocenters. The number of hydrogen-bond acceptors (Lipinski definition) is 2. The lowest BCUT2D eigenvalue weighted by Crippen LogP contribution is -2.19. The van der Waals surface area contributed by atoms with Crippen molar-refractivity contribution in [3.05, 3.63) is 0 Å². The van der Waals surface area contributed by atoms with Crippen LogP contribution in [0, 0.1) is 5.41 Å². The number of hydrogen-bond donors (Lipinski definition) is 1. The van der Waals surface area contributed by atoms with Crippen molar-refractivity contribution in [2.24, 2.45) is 5.41 Å². The molecule has 1 aliphatic carbocycles.